The number of hydrogen-bond acceptors (Lipinski definition) is 8. The van der Waals surface area contributed by atoms with Crippen molar-refractivity contribution in [3.8, 4) is 0 Å². The third-order valence-corrected chi connectivity index (χ3v) is 6.35. The summed E-state index contributed by atoms with van der Waals surface area (Å²) in [5.41, 5.74) is 1.32. The van der Waals surface area contributed by atoms with Gasteiger partial charge in [0.15, 0.2) is 5.65 Å². The number of amides is 4. The van der Waals surface area contributed by atoms with E-state index < -0.39 is 17.5 Å². The van der Waals surface area contributed by atoms with Crippen molar-refractivity contribution in [1.29, 1.82) is 0 Å². The standard InChI is InChI=1S/C26H29ClN8O4/c1-26(2,3)39-25(38)34-9-7-17(8-10-34)30-21-13-20(29-18-6-4-5-16(27)12-18)32-22-15(14-28-35(21)22)11-19-23(36)33-24(37)31-19/h4-6,11-14,17,30H,7-10H2,1-3H3,(H,29,32)(H2,31,33,36,37)/b19-11-. The Morgan fingerprint density at radius 3 is 2.62 bits per heavy atom. The number of halogens is 1. The smallest absolute Gasteiger partial charge is 0.410 e. The lowest BCUT2D eigenvalue weighted by atomic mass is 10.1. The van der Waals surface area contributed by atoms with E-state index in [0.29, 0.717) is 53.8 Å². The van der Waals surface area contributed by atoms with E-state index in [1.807, 2.05) is 39.0 Å². The molecule has 0 aliphatic carbocycles. The Bertz CT molecular complexity index is 1470. The van der Waals surface area contributed by atoms with Gasteiger partial charge in [0.25, 0.3) is 5.91 Å². The van der Waals surface area contributed by atoms with Crippen LogP contribution in [0, 0.1) is 0 Å². The van der Waals surface area contributed by atoms with Gasteiger partial charge in [-0.15, -0.1) is 0 Å². The maximum Gasteiger partial charge on any atom is 0.410 e. The van der Waals surface area contributed by atoms with Gasteiger partial charge in [-0.1, -0.05) is 17.7 Å². The van der Waals surface area contributed by atoms with Gasteiger partial charge >= 0.3 is 12.1 Å². The molecule has 5 rings (SSSR count). The Labute approximate surface area is 229 Å². The van der Waals surface area contributed by atoms with Gasteiger partial charge in [-0.3, -0.25) is 10.1 Å². The van der Waals surface area contributed by atoms with Gasteiger partial charge in [0.1, 0.15) is 22.9 Å². The molecule has 0 unspecified atom stereocenters. The number of carbonyl (C=O) groups excluding carboxylic acids is 3. The fraction of sp³-hybridized carbons (Fsp3) is 0.346. The highest BCUT2D eigenvalue weighted by Crippen LogP contribution is 2.26. The molecule has 204 valence electrons. The lowest BCUT2D eigenvalue weighted by molar-refractivity contribution is -0.115. The number of anilines is 3. The zero-order chi connectivity index (χ0) is 27.7. The second-order valence-corrected chi connectivity index (χ2v) is 10.8. The second-order valence-electron chi connectivity index (χ2n) is 10.3. The first-order chi connectivity index (χ1) is 18.5. The fourth-order valence-electron chi connectivity index (χ4n) is 4.34. The van der Waals surface area contributed by atoms with Crippen LogP contribution in [0.1, 0.15) is 39.2 Å². The minimum atomic E-state index is -0.584. The zero-order valence-electron chi connectivity index (χ0n) is 21.7. The molecule has 2 aliphatic heterocycles. The van der Waals surface area contributed by atoms with E-state index in [-0.39, 0.29) is 17.8 Å². The number of fused-ring (bicyclic) bond motifs is 1. The van der Waals surface area contributed by atoms with E-state index in [9.17, 15) is 14.4 Å². The molecule has 2 saturated heterocycles. The maximum atomic E-state index is 12.5. The number of likely N-dealkylation sites (tertiary alicyclic amines) is 1. The highest BCUT2D eigenvalue weighted by molar-refractivity contribution is 6.30. The number of urea groups is 1. The lowest BCUT2D eigenvalue weighted by Crippen LogP contribution is -2.44. The first-order valence-electron chi connectivity index (χ1n) is 12.5. The summed E-state index contributed by atoms with van der Waals surface area (Å²) in [6, 6.07) is 8.58. The highest BCUT2D eigenvalue weighted by Gasteiger charge is 2.28. The van der Waals surface area contributed by atoms with E-state index in [1.165, 1.54) is 6.08 Å². The summed E-state index contributed by atoms with van der Waals surface area (Å²) in [5, 5.41) is 16.5. The summed E-state index contributed by atoms with van der Waals surface area (Å²) < 4.78 is 7.15. The number of nitrogens with zero attached hydrogens (tertiary/aromatic N) is 4. The number of imide groups is 1. The number of hydrogen-bond donors (Lipinski definition) is 4. The van der Waals surface area contributed by atoms with Crippen molar-refractivity contribution in [2.45, 2.75) is 45.3 Å². The van der Waals surface area contributed by atoms with Crippen LogP contribution in [0.3, 0.4) is 0 Å². The number of ether oxygens (including phenoxy) is 1. The van der Waals surface area contributed by atoms with Crippen molar-refractivity contribution in [3.63, 3.8) is 0 Å². The Morgan fingerprint density at radius 2 is 1.95 bits per heavy atom. The number of rotatable bonds is 5. The molecule has 2 fully saturated rings. The Morgan fingerprint density at radius 1 is 1.18 bits per heavy atom. The molecule has 4 heterocycles. The second kappa shape index (κ2) is 10.4. The van der Waals surface area contributed by atoms with Gasteiger partial charge in [-0.2, -0.15) is 9.61 Å². The molecule has 13 heteroatoms. The average molecular weight is 553 g/mol. The monoisotopic (exact) mass is 552 g/mol. The molecule has 2 aliphatic rings. The van der Waals surface area contributed by atoms with Crippen LogP contribution in [0.4, 0.5) is 26.9 Å². The van der Waals surface area contributed by atoms with Crippen LogP contribution >= 0.6 is 11.6 Å². The summed E-state index contributed by atoms with van der Waals surface area (Å²) in [6.45, 7) is 6.66. The van der Waals surface area contributed by atoms with Gasteiger partial charge in [0.05, 0.1) is 6.20 Å². The van der Waals surface area contributed by atoms with E-state index >= 15 is 0 Å². The van der Waals surface area contributed by atoms with E-state index in [4.69, 9.17) is 21.3 Å². The van der Waals surface area contributed by atoms with Crippen LogP contribution in [0.25, 0.3) is 11.7 Å². The normalized spacial score (nSPS) is 17.3. The molecule has 0 saturated carbocycles. The van der Waals surface area contributed by atoms with Crippen LogP contribution in [0.2, 0.25) is 5.02 Å². The van der Waals surface area contributed by atoms with E-state index in [0.717, 1.165) is 5.69 Å². The van der Waals surface area contributed by atoms with Crippen LogP contribution in [-0.2, 0) is 9.53 Å². The SMILES string of the molecule is CC(C)(C)OC(=O)N1CCC(Nc2cc(Nc3cccc(Cl)c3)nc3c(/C=C4\NC(=O)NC4=O)cnn23)CC1. The Kier molecular flexibility index (Phi) is 7.04. The third-order valence-electron chi connectivity index (χ3n) is 6.11. The van der Waals surface area contributed by atoms with Gasteiger partial charge < -0.3 is 25.6 Å². The van der Waals surface area contributed by atoms with Gasteiger partial charge in [0.2, 0.25) is 0 Å². The number of piperidine rings is 1. The van der Waals surface area contributed by atoms with Crippen molar-refractivity contribution in [3.05, 3.63) is 52.8 Å². The minimum Gasteiger partial charge on any atom is -0.444 e. The third kappa shape index (κ3) is 6.23. The summed E-state index contributed by atoms with van der Waals surface area (Å²) in [5.74, 6) is 0.672. The predicted molar refractivity (Wildman–Crippen MR) is 147 cm³/mol. The summed E-state index contributed by atoms with van der Waals surface area (Å²) >= 11 is 6.16. The maximum absolute atomic E-state index is 12.5. The van der Waals surface area contributed by atoms with Crippen molar-refractivity contribution in [1.82, 2.24) is 30.1 Å². The number of aromatic nitrogens is 3. The summed E-state index contributed by atoms with van der Waals surface area (Å²) in [4.78, 5) is 42.6. The minimum absolute atomic E-state index is 0.0687. The number of nitrogens with one attached hydrogen (secondary N) is 4. The molecular weight excluding hydrogens is 524 g/mol. The van der Waals surface area contributed by atoms with Crippen LogP contribution in [0.15, 0.2) is 42.2 Å². The molecule has 2 aromatic heterocycles. The topological polar surface area (TPSA) is 142 Å². The zero-order valence-corrected chi connectivity index (χ0v) is 22.5. The van der Waals surface area contributed by atoms with E-state index in [2.05, 4.69) is 26.4 Å². The molecule has 12 nitrogen and oxygen atoms in total. The quantitative estimate of drug-likeness (QED) is 0.273. The first-order valence-corrected chi connectivity index (χ1v) is 12.9. The van der Waals surface area contributed by atoms with Gasteiger partial charge in [0, 0.05) is 41.5 Å². The Hall–Kier alpha value is -4.32. The fourth-order valence-corrected chi connectivity index (χ4v) is 4.53. The molecule has 1 aromatic carbocycles. The first kappa shape index (κ1) is 26.3. The van der Waals surface area contributed by atoms with Crippen molar-refractivity contribution in [2.75, 3.05) is 23.7 Å². The molecular formula is C26H29ClN8O4. The van der Waals surface area contributed by atoms with Gasteiger partial charge in [-0.05, 0) is 57.9 Å². The molecule has 0 bridgehead atoms. The van der Waals surface area contributed by atoms with Crippen LogP contribution in [-0.4, -0.2) is 62.3 Å². The molecule has 4 N–H and O–H groups in total. The predicted octanol–water partition coefficient (Wildman–Crippen LogP) is 4.12. The van der Waals surface area contributed by atoms with E-state index in [1.54, 1.807) is 27.7 Å². The molecule has 39 heavy (non-hydrogen) atoms. The number of benzene rings is 1. The molecule has 4 amide bonds. The van der Waals surface area contributed by atoms with Crippen molar-refractivity contribution in [2.24, 2.45) is 0 Å². The highest BCUT2D eigenvalue weighted by atomic mass is 35.5. The Balaban J connectivity index is 1.42. The number of carbonyl (C=O) groups is 3. The van der Waals surface area contributed by atoms with Crippen molar-refractivity contribution < 1.29 is 19.1 Å². The lowest BCUT2D eigenvalue weighted by Gasteiger charge is -2.34. The van der Waals surface area contributed by atoms with Gasteiger partial charge in [-0.25, -0.2) is 14.6 Å². The average Bonchev–Trinajstić information content (AvgIpc) is 3.40. The van der Waals surface area contributed by atoms with Crippen molar-refractivity contribution >= 4 is 58.7 Å². The summed E-state index contributed by atoms with van der Waals surface area (Å²) in [7, 11) is 0. The molecule has 0 atom stereocenters. The molecule has 0 radical (unpaired) electrons. The van der Waals surface area contributed by atoms with Crippen LogP contribution < -0.4 is 21.3 Å². The summed E-state index contributed by atoms with van der Waals surface area (Å²) in [6.07, 6.45) is 4.22. The largest absolute Gasteiger partial charge is 0.444 e. The van der Waals surface area contributed by atoms with Crippen LogP contribution in [0.5, 0.6) is 0 Å². The molecule has 3 aromatic rings. The molecule has 0 spiro atoms.